The zero-order valence-electron chi connectivity index (χ0n) is 7.36. The minimum Gasteiger partial charge on any atom is -0.337 e. The van der Waals surface area contributed by atoms with E-state index in [9.17, 15) is 0 Å². The average molecular weight is 164 g/mol. The molecule has 0 aliphatic rings. The highest BCUT2D eigenvalue weighted by molar-refractivity contribution is 4.97. The van der Waals surface area contributed by atoms with Crippen LogP contribution in [-0.2, 0) is 13.6 Å². The molecular formula is C8H12N4. The SMILES string of the molecule is CN(CC#N)Cc1cncn1C. The largest absolute Gasteiger partial charge is 0.337 e. The van der Waals surface area contributed by atoms with Crippen molar-refractivity contribution in [1.29, 1.82) is 5.26 Å². The summed E-state index contributed by atoms with van der Waals surface area (Å²) in [6.07, 6.45) is 3.57. The minimum absolute atomic E-state index is 0.450. The molecule has 12 heavy (non-hydrogen) atoms. The molecule has 64 valence electrons. The van der Waals surface area contributed by atoms with Gasteiger partial charge < -0.3 is 4.57 Å². The molecule has 0 radical (unpaired) electrons. The van der Waals surface area contributed by atoms with Crippen LogP contribution in [-0.4, -0.2) is 28.0 Å². The molecule has 0 unspecified atom stereocenters. The van der Waals surface area contributed by atoms with E-state index in [1.54, 1.807) is 6.33 Å². The zero-order valence-corrected chi connectivity index (χ0v) is 7.36. The molecule has 4 heteroatoms. The van der Waals surface area contributed by atoms with E-state index in [2.05, 4.69) is 11.1 Å². The molecule has 0 bridgehead atoms. The lowest BCUT2D eigenvalue weighted by Crippen LogP contribution is -2.19. The van der Waals surface area contributed by atoms with Gasteiger partial charge in [-0.25, -0.2) is 4.98 Å². The first-order valence-electron chi connectivity index (χ1n) is 3.74. The van der Waals surface area contributed by atoms with Gasteiger partial charge in [-0.15, -0.1) is 0 Å². The van der Waals surface area contributed by atoms with Gasteiger partial charge in [0.05, 0.1) is 24.6 Å². The molecular weight excluding hydrogens is 152 g/mol. The highest BCUT2D eigenvalue weighted by Gasteiger charge is 2.01. The predicted molar refractivity (Wildman–Crippen MR) is 45.2 cm³/mol. The number of aromatic nitrogens is 2. The molecule has 0 saturated carbocycles. The number of aryl methyl sites for hydroxylation is 1. The standard InChI is InChI=1S/C8H12N4/c1-11(4-3-9)6-8-5-10-7-12(8)2/h5,7H,4,6H2,1-2H3. The quantitative estimate of drug-likeness (QED) is 0.606. The number of nitriles is 1. The lowest BCUT2D eigenvalue weighted by atomic mass is 10.4. The summed E-state index contributed by atoms with van der Waals surface area (Å²) in [7, 11) is 3.86. The molecule has 1 aromatic rings. The van der Waals surface area contributed by atoms with E-state index in [0.29, 0.717) is 6.54 Å². The summed E-state index contributed by atoms with van der Waals surface area (Å²) >= 11 is 0. The monoisotopic (exact) mass is 164 g/mol. The third kappa shape index (κ3) is 2.07. The lowest BCUT2D eigenvalue weighted by Gasteiger charge is -2.11. The average Bonchev–Trinajstić information content (AvgIpc) is 2.37. The molecule has 0 atom stereocenters. The van der Waals surface area contributed by atoms with Crippen molar-refractivity contribution in [2.75, 3.05) is 13.6 Å². The summed E-state index contributed by atoms with van der Waals surface area (Å²) < 4.78 is 1.95. The first-order chi connectivity index (χ1) is 5.74. The molecule has 0 aliphatic heterocycles. The fourth-order valence-electron chi connectivity index (χ4n) is 0.990. The second kappa shape index (κ2) is 3.88. The Balaban J connectivity index is 2.53. The van der Waals surface area contributed by atoms with Gasteiger partial charge in [0.2, 0.25) is 0 Å². The van der Waals surface area contributed by atoms with E-state index in [1.165, 1.54) is 0 Å². The highest BCUT2D eigenvalue weighted by atomic mass is 15.1. The maximum absolute atomic E-state index is 8.42. The van der Waals surface area contributed by atoms with Gasteiger partial charge in [0, 0.05) is 19.8 Å². The van der Waals surface area contributed by atoms with Crippen molar-refractivity contribution < 1.29 is 0 Å². The van der Waals surface area contributed by atoms with Crippen LogP contribution in [0, 0.1) is 11.3 Å². The summed E-state index contributed by atoms with van der Waals surface area (Å²) in [4.78, 5) is 5.93. The number of nitrogens with zero attached hydrogens (tertiary/aromatic N) is 4. The van der Waals surface area contributed by atoms with Gasteiger partial charge >= 0.3 is 0 Å². The Morgan fingerprint density at radius 3 is 3.00 bits per heavy atom. The van der Waals surface area contributed by atoms with Crippen molar-refractivity contribution in [1.82, 2.24) is 14.5 Å². The number of hydrogen-bond donors (Lipinski definition) is 0. The van der Waals surface area contributed by atoms with E-state index in [0.717, 1.165) is 12.2 Å². The summed E-state index contributed by atoms with van der Waals surface area (Å²) in [5.74, 6) is 0. The van der Waals surface area contributed by atoms with Crippen molar-refractivity contribution >= 4 is 0 Å². The van der Waals surface area contributed by atoms with Gasteiger partial charge in [-0.2, -0.15) is 5.26 Å². The Morgan fingerprint density at radius 2 is 2.50 bits per heavy atom. The Bertz CT molecular complexity index is 283. The number of rotatable bonds is 3. The van der Waals surface area contributed by atoms with Gasteiger partial charge in [-0.3, -0.25) is 4.90 Å². The van der Waals surface area contributed by atoms with Gasteiger partial charge in [0.25, 0.3) is 0 Å². The van der Waals surface area contributed by atoms with Crippen molar-refractivity contribution in [2.45, 2.75) is 6.54 Å². The van der Waals surface area contributed by atoms with Crippen molar-refractivity contribution in [3.63, 3.8) is 0 Å². The summed E-state index contributed by atoms with van der Waals surface area (Å²) in [6, 6.07) is 2.10. The first-order valence-corrected chi connectivity index (χ1v) is 3.74. The molecule has 0 aliphatic carbocycles. The van der Waals surface area contributed by atoms with Gasteiger partial charge in [-0.1, -0.05) is 0 Å². The zero-order chi connectivity index (χ0) is 8.97. The summed E-state index contributed by atoms with van der Waals surface area (Å²) in [5.41, 5.74) is 1.12. The van der Waals surface area contributed by atoms with E-state index >= 15 is 0 Å². The Hall–Kier alpha value is -1.34. The Kier molecular flexibility index (Phi) is 2.83. The minimum atomic E-state index is 0.450. The van der Waals surface area contributed by atoms with Crippen molar-refractivity contribution in [3.05, 3.63) is 18.2 Å². The third-order valence-corrected chi connectivity index (χ3v) is 1.69. The van der Waals surface area contributed by atoms with Crippen LogP contribution in [0.2, 0.25) is 0 Å². The van der Waals surface area contributed by atoms with Gasteiger partial charge in [0.1, 0.15) is 0 Å². The molecule has 1 rings (SSSR count). The van der Waals surface area contributed by atoms with Crippen LogP contribution in [0.5, 0.6) is 0 Å². The second-order valence-corrected chi connectivity index (χ2v) is 2.83. The third-order valence-electron chi connectivity index (χ3n) is 1.69. The van der Waals surface area contributed by atoms with E-state index < -0.39 is 0 Å². The van der Waals surface area contributed by atoms with Gasteiger partial charge in [-0.05, 0) is 7.05 Å². The lowest BCUT2D eigenvalue weighted by molar-refractivity contribution is 0.358. The maximum Gasteiger partial charge on any atom is 0.0945 e. The molecule has 0 fully saturated rings. The maximum atomic E-state index is 8.42. The summed E-state index contributed by atoms with van der Waals surface area (Å²) in [5, 5.41) is 8.42. The Morgan fingerprint density at radius 1 is 1.75 bits per heavy atom. The molecule has 0 aromatic carbocycles. The van der Waals surface area contributed by atoms with Crippen LogP contribution in [0.4, 0.5) is 0 Å². The number of imidazole rings is 1. The fraction of sp³-hybridized carbons (Fsp3) is 0.500. The molecule has 0 amide bonds. The number of hydrogen-bond acceptors (Lipinski definition) is 3. The van der Waals surface area contributed by atoms with Crippen LogP contribution in [0.15, 0.2) is 12.5 Å². The predicted octanol–water partition coefficient (Wildman–Crippen LogP) is 0.375. The molecule has 4 nitrogen and oxygen atoms in total. The topological polar surface area (TPSA) is 44.9 Å². The van der Waals surface area contributed by atoms with Crippen LogP contribution < -0.4 is 0 Å². The molecule has 0 spiro atoms. The smallest absolute Gasteiger partial charge is 0.0945 e. The molecule has 0 N–H and O–H groups in total. The molecule has 0 saturated heterocycles. The van der Waals surface area contributed by atoms with E-state index in [-0.39, 0.29) is 0 Å². The highest BCUT2D eigenvalue weighted by Crippen LogP contribution is 1.99. The van der Waals surface area contributed by atoms with Crippen molar-refractivity contribution in [2.24, 2.45) is 7.05 Å². The van der Waals surface area contributed by atoms with Crippen LogP contribution in [0.25, 0.3) is 0 Å². The van der Waals surface area contributed by atoms with Crippen LogP contribution in [0.3, 0.4) is 0 Å². The fourth-order valence-corrected chi connectivity index (χ4v) is 0.990. The van der Waals surface area contributed by atoms with E-state index in [1.807, 2.05) is 29.8 Å². The molecule has 1 heterocycles. The van der Waals surface area contributed by atoms with Gasteiger partial charge in [0.15, 0.2) is 0 Å². The normalized spacial score (nSPS) is 10.2. The first kappa shape index (κ1) is 8.75. The van der Waals surface area contributed by atoms with Crippen molar-refractivity contribution in [3.8, 4) is 6.07 Å². The Labute approximate surface area is 72.0 Å². The van der Waals surface area contributed by atoms with Crippen LogP contribution >= 0.6 is 0 Å². The summed E-state index contributed by atoms with van der Waals surface area (Å²) in [6.45, 7) is 1.22. The second-order valence-electron chi connectivity index (χ2n) is 2.83. The molecule has 1 aromatic heterocycles. The van der Waals surface area contributed by atoms with E-state index in [4.69, 9.17) is 5.26 Å². The van der Waals surface area contributed by atoms with Crippen LogP contribution in [0.1, 0.15) is 5.69 Å².